The van der Waals surface area contributed by atoms with Gasteiger partial charge in [0.15, 0.2) is 16.8 Å². The Morgan fingerprint density at radius 2 is 1.76 bits per heavy atom. The van der Waals surface area contributed by atoms with Crippen molar-refractivity contribution < 1.29 is 28.5 Å². The topological polar surface area (TPSA) is 87.4 Å². The van der Waals surface area contributed by atoms with Crippen molar-refractivity contribution in [3.8, 4) is 17.2 Å². The van der Waals surface area contributed by atoms with E-state index < -0.39 is 0 Å². The molecule has 0 spiro atoms. The molecule has 1 aromatic heterocycles. The van der Waals surface area contributed by atoms with Gasteiger partial charge in [-0.2, -0.15) is 0 Å². The summed E-state index contributed by atoms with van der Waals surface area (Å²) in [5.74, 6) is 0.995. The Kier molecular flexibility index (Phi) is 11.5. The van der Waals surface area contributed by atoms with Gasteiger partial charge in [0.2, 0.25) is 5.75 Å². The second-order valence-corrected chi connectivity index (χ2v) is 9.37. The van der Waals surface area contributed by atoms with Crippen molar-refractivity contribution in [2.45, 2.75) is 59.7 Å². The van der Waals surface area contributed by atoms with Crippen molar-refractivity contribution in [1.29, 1.82) is 0 Å². The molecule has 0 amide bonds. The first-order valence-corrected chi connectivity index (χ1v) is 12.6. The Morgan fingerprint density at radius 1 is 1.08 bits per heavy atom. The SMILES string of the molecule is CC=C(C)C=CC=C[C@H](OC)[C@H](C)[C@H](OC)[C@H](C)CCc1oc2c(O)c(OC)cc(OC)c2c(=O)c1C. The fraction of sp³-hybridized carbons (Fsp3) is 0.500. The summed E-state index contributed by atoms with van der Waals surface area (Å²) in [6.45, 7) is 10.0. The Morgan fingerprint density at radius 3 is 2.32 bits per heavy atom. The molecule has 0 saturated heterocycles. The minimum atomic E-state index is -0.235. The minimum Gasteiger partial charge on any atom is -0.502 e. The van der Waals surface area contributed by atoms with Crippen LogP contribution in [0.5, 0.6) is 17.2 Å². The zero-order valence-electron chi connectivity index (χ0n) is 23.6. The molecule has 0 unspecified atom stereocenters. The Hall–Kier alpha value is -3.03. The van der Waals surface area contributed by atoms with Crippen molar-refractivity contribution in [2.75, 3.05) is 28.4 Å². The van der Waals surface area contributed by atoms with E-state index in [0.29, 0.717) is 29.9 Å². The first kappa shape index (κ1) is 30.2. The summed E-state index contributed by atoms with van der Waals surface area (Å²) < 4.78 is 28.3. The molecule has 4 atom stereocenters. The molecule has 1 N–H and O–H groups in total. The van der Waals surface area contributed by atoms with E-state index in [2.05, 4.69) is 26.8 Å². The number of fused-ring (bicyclic) bond motifs is 1. The van der Waals surface area contributed by atoms with Crippen LogP contribution in [0.15, 0.2) is 51.2 Å². The van der Waals surface area contributed by atoms with Crippen LogP contribution in [0.25, 0.3) is 11.0 Å². The molecule has 0 aliphatic heterocycles. The van der Waals surface area contributed by atoms with Crippen LogP contribution < -0.4 is 14.9 Å². The van der Waals surface area contributed by atoms with Gasteiger partial charge >= 0.3 is 0 Å². The third kappa shape index (κ3) is 7.05. The van der Waals surface area contributed by atoms with E-state index in [0.717, 1.165) is 0 Å². The summed E-state index contributed by atoms with van der Waals surface area (Å²) in [7, 11) is 6.31. The average Bonchev–Trinajstić information content (AvgIpc) is 2.90. The number of phenols is 1. The first-order chi connectivity index (χ1) is 17.6. The van der Waals surface area contributed by atoms with Gasteiger partial charge in [-0.05, 0) is 33.1 Å². The first-order valence-electron chi connectivity index (χ1n) is 12.6. The second-order valence-electron chi connectivity index (χ2n) is 9.37. The molecule has 2 rings (SSSR count). The summed E-state index contributed by atoms with van der Waals surface area (Å²) in [4.78, 5) is 13.2. The molecular formula is C30H42O7. The smallest absolute Gasteiger partial charge is 0.202 e. The van der Waals surface area contributed by atoms with Gasteiger partial charge in [-0.25, -0.2) is 0 Å². The van der Waals surface area contributed by atoms with Gasteiger partial charge in [0.05, 0.1) is 26.4 Å². The number of hydrogen-bond donors (Lipinski definition) is 1. The number of methoxy groups -OCH3 is 4. The zero-order valence-corrected chi connectivity index (χ0v) is 23.6. The van der Waals surface area contributed by atoms with E-state index in [1.807, 2.05) is 31.2 Å². The van der Waals surface area contributed by atoms with Gasteiger partial charge in [-0.1, -0.05) is 49.8 Å². The largest absolute Gasteiger partial charge is 0.502 e. The maximum absolute atomic E-state index is 13.2. The maximum Gasteiger partial charge on any atom is 0.202 e. The van der Waals surface area contributed by atoms with E-state index in [4.69, 9.17) is 23.4 Å². The maximum atomic E-state index is 13.2. The van der Waals surface area contributed by atoms with Crippen molar-refractivity contribution in [2.24, 2.45) is 11.8 Å². The van der Waals surface area contributed by atoms with E-state index >= 15 is 0 Å². The van der Waals surface area contributed by atoms with Crippen molar-refractivity contribution in [1.82, 2.24) is 0 Å². The van der Waals surface area contributed by atoms with Crippen LogP contribution in [0.3, 0.4) is 0 Å². The molecule has 0 bridgehead atoms. The number of aryl methyl sites for hydroxylation is 1. The van der Waals surface area contributed by atoms with Crippen LogP contribution >= 0.6 is 0 Å². The van der Waals surface area contributed by atoms with Crippen LogP contribution in [0.4, 0.5) is 0 Å². The van der Waals surface area contributed by atoms with Crippen LogP contribution in [-0.2, 0) is 15.9 Å². The number of allylic oxidation sites excluding steroid dienone is 5. The molecule has 0 aliphatic rings. The Bertz CT molecular complexity index is 1190. The lowest BCUT2D eigenvalue weighted by Crippen LogP contribution is -2.36. The Balaban J connectivity index is 2.27. The summed E-state index contributed by atoms with van der Waals surface area (Å²) in [5.41, 5.74) is 1.51. The molecule has 7 heteroatoms. The summed E-state index contributed by atoms with van der Waals surface area (Å²) in [6, 6.07) is 1.48. The number of rotatable bonds is 13. The fourth-order valence-electron chi connectivity index (χ4n) is 4.61. The molecule has 0 radical (unpaired) electrons. The van der Waals surface area contributed by atoms with Gasteiger partial charge in [-0.3, -0.25) is 4.79 Å². The van der Waals surface area contributed by atoms with E-state index in [1.165, 1.54) is 25.9 Å². The molecular weight excluding hydrogens is 472 g/mol. The molecule has 2 aromatic rings. The van der Waals surface area contributed by atoms with E-state index in [1.54, 1.807) is 21.1 Å². The molecule has 37 heavy (non-hydrogen) atoms. The quantitative estimate of drug-likeness (QED) is 0.321. The molecule has 7 nitrogen and oxygen atoms in total. The van der Waals surface area contributed by atoms with Crippen molar-refractivity contribution >= 4 is 11.0 Å². The zero-order chi connectivity index (χ0) is 27.7. The molecule has 204 valence electrons. The van der Waals surface area contributed by atoms with E-state index in [9.17, 15) is 9.90 Å². The number of ether oxygens (including phenoxy) is 4. The summed E-state index contributed by atoms with van der Waals surface area (Å²) in [5, 5.41) is 10.8. The Labute approximate surface area is 220 Å². The lowest BCUT2D eigenvalue weighted by atomic mass is 9.85. The minimum absolute atomic E-state index is 0.0666. The summed E-state index contributed by atoms with van der Waals surface area (Å²) in [6.07, 6.45) is 11.1. The highest BCUT2D eigenvalue weighted by atomic mass is 16.5. The van der Waals surface area contributed by atoms with Gasteiger partial charge in [0.25, 0.3) is 0 Å². The number of hydrogen-bond acceptors (Lipinski definition) is 7. The number of phenolic OH excluding ortho intramolecular Hbond substituents is 1. The highest BCUT2D eigenvalue weighted by Crippen LogP contribution is 2.40. The van der Waals surface area contributed by atoms with Crippen LogP contribution in [0.1, 0.15) is 45.4 Å². The fourth-order valence-corrected chi connectivity index (χ4v) is 4.61. The van der Waals surface area contributed by atoms with Crippen LogP contribution in [-0.4, -0.2) is 45.8 Å². The van der Waals surface area contributed by atoms with Gasteiger partial charge in [-0.15, -0.1) is 0 Å². The van der Waals surface area contributed by atoms with Crippen LogP contribution in [0, 0.1) is 18.8 Å². The number of aromatic hydroxyl groups is 1. The molecule has 0 aliphatic carbocycles. The molecule has 1 heterocycles. The van der Waals surface area contributed by atoms with Gasteiger partial charge < -0.3 is 28.5 Å². The predicted molar refractivity (Wildman–Crippen MR) is 148 cm³/mol. The van der Waals surface area contributed by atoms with Crippen molar-refractivity contribution in [3.05, 3.63) is 63.6 Å². The monoisotopic (exact) mass is 514 g/mol. The standard InChI is InChI=1S/C30H42O7/c1-10-18(2)13-11-12-14-22(33-6)21(5)29(36-9)19(3)15-16-23-20(4)27(31)26-24(34-7)17-25(35-8)28(32)30(26)37-23/h10-14,17,19,21-22,29,32H,15-16H2,1-9H3/t19-,21+,22+,29-/m1/s1. The number of benzene rings is 1. The normalized spacial score (nSPS) is 15.9. The third-order valence-electron chi connectivity index (χ3n) is 7.03. The molecule has 0 fully saturated rings. The second kappa shape index (κ2) is 14.1. The predicted octanol–water partition coefficient (Wildman–Crippen LogP) is 6.14. The van der Waals surface area contributed by atoms with E-state index in [-0.39, 0.29) is 51.9 Å². The lowest BCUT2D eigenvalue weighted by Gasteiger charge is -2.32. The van der Waals surface area contributed by atoms with Crippen LogP contribution in [0.2, 0.25) is 0 Å². The highest BCUT2D eigenvalue weighted by Gasteiger charge is 2.29. The highest BCUT2D eigenvalue weighted by molar-refractivity contribution is 5.91. The average molecular weight is 515 g/mol. The van der Waals surface area contributed by atoms with Gasteiger partial charge in [0.1, 0.15) is 16.9 Å². The third-order valence-corrected chi connectivity index (χ3v) is 7.03. The van der Waals surface area contributed by atoms with Crippen molar-refractivity contribution in [3.63, 3.8) is 0 Å². The summed E-state index contributed by atoms with van der Waals surface area (Å²) >= 11 is 0. The molecule has 0 saturated carbocycles. The lowest BCUT2D eigenvalue weighted by molar-refractivity contribution is -0.0343. The molecule has 1 aromatic carbocycles. The van der Waals surface area contributed by atoms with Gasteiger partial charge in [0, 0.05) is 38.2 Å².